The molecule has 388 valence electrons. The Balaban J connectivity index is 0.940. The first-order valence-electron chi connectivity index (χ1n) is 27.3. The highest BCUT2D eigenvalue weighted by Crippen LogP contribution is 2.54. The fourth-order valence-electron chi connectivity index (χ4n) is 13.0. The zero-order chi connectivity index (χ0) is 54.8. The highest BCUT2D eigenvalue weighted by atomic mass is 32.2. The van der Waals surface area contributed by atoms with Crippen molar-refractivity contribution in [2.45, 2.75) is 19.6 Å². The first-order valence-corrected chi connectivity index (χ1v) is 30.3. The zero-order valence-corrected chi connectivity index (χ0v) is 45.5. The third-order valence-electron chi connectivity index (χ3n) is 16.6. The van der Waals surface area contributed by atoms with Crippen molar-refractivity contribution < 1.29 is 16.8 Å². The molecule has 0 atom stereocenters. The van der Waals surface area contributed by atoms with Crippen molar-refractivity contribution in [3.05, 3.63) is 279 Å². The summed E-state index contributed by atoms with van der Waals surface area (Å²) < 4.78 is 60.7. The summed E-state index contributed by atoms with van der Waals surface area (Å²) in [5, 5.41) is 10.2. The van der Waals surface area contributed by atoms with Gasteiger partial charge in [0.15, 0.2) is 0 Å². The Bertz CT molecular complexity index is 4950. The molecule has 16 rings (SSSR count). The predicted molar refractivity (Wildman–Crippen MR) is 336 cm³/mol. The van der Waals surface area contributed by atoms with Gasteiger partial charge in [0, 0.05) is 66.9 Å². The van der Waals surface area contributed by atoms with E-state index in [4.69, 9.17) is 0 Å². The molecule has 0 aromatic heterocycles. The van der Waals surface area contributed by atoms with Crippen LogP contribution in [0.25, 0.3) is 98.4 Å². The second-order valence-corrected chi connectivity index (χ2v) is 24.9. The van der Waals surface area contributed by atoms with Gasteiger partial charge in [-0.1, -0.05) is 218 Å². The first-order chi connectivity index (χ1) is 40.2. The Kier molecular flexibility index (Phi) is 10.6. The van der Waals surface area contributed by atoms with E-state index < -0.39 is 19.7 Å². The van der Waals surface area contributed by atoms with E-state index in [0.717, 1.165) is 87.7 Å². The van der Waals surface area contributed by atoms with Gasteiger partial charge in [-0.2, -0.15) is 0 Å². The van der Waals surface area contributed by atoms with Crippen molar-refractivity contribution in [2.75, 3.05) is 9.80 Å². The lowest BCUT2D eigenvalue weighted by Crippen LogP contribution is -2.13. The monoisotopic (exact) mass is 1090 g/mol. The van der Waals surface area contributed by atoms with Gasteiger partial charge in [0.05, 0.1) is 31.0 Å². The number of sulfone groups is 2. The Labute approximate surface area is 474 Å². The molecule has 0 spiro atoms. The third kappa shape index (κ3) is 7.25. The summed E-state index contributed by atoms with van der Waals surface area (Å²) in [6.07, 6.45) is 0. The van der Waals surface area contributed by atoms with Gasteiger partial charge in [-0.25, -0.2) is 16.8 Å². The molecule has 2 aliphatic heterocycles. The average molecular weight is 1090 g/mol. The van der Waals surface area contributed by atoms with Crippen LogP contribution in [0.4, 0.5) is 34.1 Å². The summed E-state index contributed by atoms with van der Waals surface area (Å²) in [5.74, 6) is 0. The van der Waals surface area contributed by atoms with Crippen LogP contribution in [0.3, 0.4) is 0 Å². The number of benzene rings is 14. The predicted octanol–water partition coefficient (Wildman–Crippen LogP) is 19.4. The van der Waals surface area contributed by atoms with Crippen LogP contribution in [0.15, 0.2) is 299 Å². The summed E-state index contributed by atoms with van der Waals surface area (Å²) in [5.41, 5.74) is 10.5. The second kappa shape index (κ2) is 18.2. The van der Waals surface area contributed by atoms with Crippen LogP contribution in [-0.4, -0.2) is 16.8 Å². The SMILES string of the molecule is O=S1(=O)c2cc(N(c3ccc4ccccc4c3)c3cc4cc(N(c5ccc6c(c5)S(=O)(=O)c5c(-c7ccccc7)cccc5-6)c5ccc6ccccc6c5)c5ccccc5c4c4ccccc34)ccc2-c2cccc(-c3ccccc3)c21. The molecule has 0 N–H and O–H groups in total. The van der Waals surface area contributed by atoms with Crippen molar-refractivity contribution in [1.82, 2.24) is 0 Å². The van der Waals surface area contributed by atoms with E-state index in [1.807, 2.05) is 158 Å². The van der Waals surface area contributed by atoms with Gasteiger partial charge in [-0.3, -0.25) is 0 Å². The molecule has 2 heterocycles. The van der Waals surface area contributed by atoms with Gasteiger partial charge in [-0.05, 0) is 115 Å². The number of anilines is 6. The molecule has 0 fully saturated rings. The van der Waals surface area contributed by atoms with E-state index in [9.17, 15) is 0 Å². The van der Waals surface area contributed by atoms with E-state index >= 15 is 16.8 Å². The van der Waals surface area contributed by atoms with E-state index in [2.05, 4.69) is 131 Å². The van der Waals surface area contributed by atoms with E-state index in [1.54, 1.807) is 0 Å². The standard InChI is InChI=1S/C74H46N2O4S2/c77-81(78)70-45-56(37-39-62(70)66-31-15-29-58(73(66)81)49-19-3-1-4-20-49)75(54-35-33-47-17-7-9-23-51(47)41-54)68-43-53-44-69(61-26-12-14-28-65(61)72(53)64-27-13-11-25-60(64)68)76(55-36-34-48-18-8-10-24-52(48)42-55)57-38-40-63-67-32-16-30-59(50-21-5-2-6-22-50)74(67)82(79,80)71(63)46-57/h1-46H. The van der Waals surface area contributed by atoms with Crippen LogP contribution in [0, 0.1) is 0 Å². The Morgan fingerprint density at radius 1 is 0.244 bits per heavy atom. The summed E-state index contributed by atoms with van der Waals surface area (Å²) in [7, 11) is -7.99. The van der Waals surface area contributed by atoms with Crippen molar-refractivity contribution in [3.8, 4) is 44.5 Å². The van der Waals surface area contributed by atoms with Crippen LogP contribution >= 0.6 is 0 Å². The Hall–Kier alpha value is -10.1. The van der Waals surface area contributed by atoms with Crippen molar-refractivity contribution in [1.29, 1.82) is 0 Å². The zero-order valence-electron chi connectivity index (χ0n) is 43.9. The number of nitrogens with zero attached hydrogens (tertiary/aromatic N) is 2. The van der Waals surface area contributed by atoms with Crippen LogP contribution in [0.2, 0.25) is 0 Å². The van der Waals surface area contributed by atoms with E-state index in [1.165, 1.54) is 0 Å². The molecule has 14 aromatic rings. The van der Waals surface area contributed by atoms with Crippen LogP contribution in [0.5, 0.6) is 0 Å². The normalized spacial score (nSPS) is 13.5. The number of hydrogen-bond acceptors (Lipinski definition) is 6. The Morgan fingerprint density at radius 3 is 1.04 bits per heavy atom. The van der Waals surface area contributed by atoms with Gasteiger partial charge in [0.25, 0.3) is 0 Å². The van der Waals surface area contributed by atoms with Gasteiger partial charge in [0.1, 0.15) is 0 Å². The number of hydrogen-bond donors (Lipinski definition) is 0. The van der Waals surface area contributed by atoms with Gasteiger partial charge >= 0.3 is 0 Å². The molecule has 0 aliphatic carbocycles. The molecule has 0 saturated carbocycles. The summed E-state index contributed by atoms with van der Waals surface area (Å²) in [4.78, 5) is 5.56. The molecule has 0 amide bonds. The fraction of sp³-hybridized carbons (Fsp3) is 0. The van der Waals surface area contributed by atoms with Crippen LogP contribution in [-0.2, 0) is 19.7 Å². The molecule has 0 unspecified atom stereocenters. The highest BCUT2D eigenvalue weighted by Gasteiger charge is 2.38. The van der Waals surface area contributed by atoms with Crippen molar-refractivity contribution >= 4 is 108 Å². The molecule has 14 aromatic carbocycles. The third-order valence-corrected chi connectivity index (χ3v) is 20.4. The lowest BCUT2D eigenvalue weighted by atomic mass is 9.92. The molecular formula is C74H46N2O4S2. The summed E-state index contributed by atoms with van der Waals surface area (Å²) in [6.45, 7) is 0. The maximum absolute atomic E-state index is 15.2. The highest BCUT2D eigenvalue weighted by molar-refractivity contribution is 7.92. The topological polar surface area (TPSA) is 74.8 Å². The van der Waals surface area contributed by atoms with Crippen LogP contribution < -0.4 is 9.80 Å². The van der Waals surface area contributed by atoms with Gasteiger partial charge in [-0.15, -0.1) is 0 Å². The minimum atomic E-state index is -3.99. The maximum Gasteiger partial charge on any atom is 0.208 e. The summed E-state index contributed by atoms with van der Waals surface area (Å²) in [6, 6.07) is 93.4. The number of rotatable bonds is 8. The van der Waals surface area contributed by atoms with Gasteiger partial charge < -0.3 is 9.80 Å². The van der Waals surface area contributed by atoms with Crippen LogP contribution in [0.1, 0.15) is 0 Å². The second-order valence-electron chi connectivity index (χ2n) is 21.2. The van der Waals surface area contributed by atoms with Gasteiger partial charge in [0.2, 0.25) is 19.7 Å². The molecule has 6 nitrogen and oxygen atoms in total. The molecule has 0 bridgehead atoms. The molecule has 82 heavy (non-hydrogen) atoms. The lowest BCUT2D eigenvalue weighted by Gasteiger charge is -2.30. The lowest BCUT2D eigenvalue weighted by molar-refractivity contribution is 0.597. The molecule has 2 aliphatic rings. The first kappa shape index (κ1) is 47.8. The maximum atomic E-state index is 15.2. The largest absolute Gasteiger partial charge is 0.310 e. The molecular weight excluding hydrogens is 1040 g/mol. The average Bonchev–Trinajstić information content (AvgIpc) is 4.08. The minimum Gasteiger partial charge on any atom is -0.310 e. The summed E-state index contributed by atoms with van der Waals surface area (Å²) >= 11 is 0. The van der Waals surface area contributed by atoms with Crippen molar-refractivity contribution in [3.63, 3.8) is 0 Å². The molecule has 8 heteroatoms. The van der Waals surface area contributed by atoms with Crippen molar-refractivity contribution in [2.24, 2.45) is 0 Å². The number of fused-ring (bicyclic) bond motifs is 13. The smallest absolute Gasteiger partial charge is 0.208 e. The quantitative estimate of drug-likeness (QED) is 0.141. The minimum absolute atomic E-state index is 0.259. The Morgan fingerprint density at radius 2 is 0.598 bits per heavy atom. The molecule has 0 radical (unpaired) electrons. The van der Waals surface area contributed by atoms with E-state index in [0.29, 0.717) is 54.5 Å². The fourth-order valence-corrected chi connectivity index (χ4v) is 16.8. The van der Waals surface area contributed by atoms with E-state index in [-0.39, 0.29) is 9.79 Å². The molecule has 0 saturated heterocycles.